The molecule has 30 heavy (non-hydrogen) atoms. The molecule has 0 aromatic heterocycles. The highest BCUT2D eigenvalue weighted by Gasteiger charge is 2.41. The van der Waals surface area contributed by atoms with Crippen LogP contribution in [0.4, 0.5) is 0 Å². The van der Waals surface area contributed by atoms with Gasteiger partial charge >= 0.3 is 11.9 Å². The van der Waals surface area contributed by atoms with Crippen molar-refractivity contribution in [3.63, 3.8) is 0 Å². The lowest BCUT2D eigenvalue weighted by Gasteiger charge is -2.33. The Labute approximate surface area is 178 Å². The number of hydrogen-bond acceptors (Lipinski definition) is 5. The first-order chi connectivity index (χ1) is 14.6. The average Bonchev–Trinajstić information content (AvgIpc) is 2.95. The van der Waals surface area contributed by atoms with Gasteiger partial charge in [-0.3, -0.25) is 14.5 Å². The lowest BCUT2D eigenvalue weighted by Crippen LogP contribution is -2.49. The first-order valence-corrected chi connectivity index (χ1v) is 10.5. The van der Waals surface area contributed by atoms with Crippen LogP contribution >= 0.6 is 0 Å². The number of nitrogens with zero attached hydrogens (tertiary/aromatic N) is 1. The van der Waals surface area contributed by atoms with Crippen LogP contribution in [0.3, 0.4) is 0 Å². The Morgan fingerprint density at radius 3 is 2.10 bits per heavy atom. The summed E-state index contributed by atoms with van der Waals surface area (Å²) in [6, 6.07) is 19.3. The van der Waals surface area contributed by atoms with Gasteiger partial charge in [-0.05, 0) is 25.0 Å². The number of carbonyl (C=O) groups is 2. The smallest absolute Gasteiger partial charge is 0.324 e. The molecular formula is C25H29NO4. The predicted octanol–water partition coefficient (Wildman–Crippen LogP) is 3.95. The fourth-order valence-corrected chi connectivity index (χ4v) is 3.88. The fourth-order valence-electron chi connectivity index (χ4n) is 3.88. The maximum atomic E-state index is 13.0. The molecule has 0 aliphatic carbocycles. The maximum absolute atomic E-state index is 13.0. The summed E-state index contributed by atoms with van der Waals surface area (Å²) in [4.78, 5) is 27.9. The summed E-state index contributed by atoms with van der Waals surface area (Å²) in [5.41, 5.74) is 2.21. The molecule has 0 radical (unpaired) electrons. The van der Waals surface area contributed by atoms with Gasteiger partial charge in [-0.15, -0.1) is 0 Å². The van der Waals surface area contributed by atoms with Gasteiger partial charge in [0.2, 0.25) is 0 Å². The summed E-state index contributed by atoms with van der Waals surface area (Å²) in [5, 5.41) is 0. The van der Waals surface area contributed by atoms with Crippen molar-refractivity contribution in [2.45, 2.75) is 32.4 Å². The summed E-state index contributed by atoms with van der Waals surface area (Å²) in [6.07, 6.45) is 3.84. The first-order valence-electron chi connectivity index (χ1n) is 10.5. The third-order valence-electron chi connectivity index (χ3n) is 5.26. The van der Waals surface area contributed by atoms with E-state index in [-0.39, 0.29) is 19.1 Å². The third kappa shape index (κ3) is 5.36. The second-order valence-corrected chi connectivity index (χ2v) is 7.29. The van der Waals surface area contributed by atoms with Crippen LogP contribution in [0.1, 0.15) is 30.9 Å². The summed E-state index contributed by atoms with van der Waals surface area (Å²) in [7, 11) is 0. The quantitative estimate of drug-likeness (QED) is 0.514. The van der Waals surface area contributed by atoms with Gasteiger partial charge in [0.1, 0.15) is 12.0 Å². The number of benzene rings is 2. The molecule has 1 aliphatic rings. The molecule has 158 valence electrons. The van der Waals surface area contributed by atoms with E-state index in [0.717, 1.165) is 11.1 Å². The molecule has 2 aromatic carbocycles. The molecule has 2 aromatic rings. The maximum Gasteiger partial charge on any atom is 0.324 e. The van der Waals surface area contributed by atoms with Crippen LogP contribution in [-0.2, 0) is 25.6 Å². The number of hydrogen-bond donors (Lipinski definition) is 0. The molecule has 0 fully saturated rings. The molecule has 0 amide bonds. The molecule has 3 rings (SSSR count). The van der Waals surface area contributed by atoms with Crippen molar-refractivity contribution >= 4 is 11.9 Å². The van der Waals surface area contributed by atoms with E-state index in [0.29, 0.717) is 13.1 Å². The molecule has 0 saturated heterocycles. The van der Waals surface area contributed by atoms with Gasteiger partial charge in [-0.1, -0.05) is 72.8 Å². The molecule has 0 unspecified atom stereocenters. The van der Waals surface area contributed by atoms with Gasteiger partial charge in [0, 0.05) is 19.0 Å². The Balaban J connectivity index is 2.01. The Morgan fingerprint density at radius 1 is 0.867 bits per heavy atom. The number of carbonyl (C=O) groups excluding carboxylic acids is 2. The average molecular weight is 408 g/mol. The van der Waals surface area contributed by atoms with E-state index >= 15 is 0 Å². The monoisotopic (exact) mass is 407 g/mol. The van der Waals surface area contributed by atoms with Crippen molar-refractivity contribution in [1.82, 2.24) is 4.90 Å². The summed E-state index contributed by atoms with van der Waals surface area (Å²) < 4.78 is 10.7. The molecule has 0 saturated carbocycles. The van der Waals surface area contributed by atoms with E-state index in [9.17, 15) is 9.59 Å². The van der Waals surface area contributed by atoms with Gasteiger partial charge in [0.15, 0.2) is 0 Å². The molecule has 3 atom stereocenters. The standard InChI is InChI=1S/C25H29NO4/c1-3-29-24(27)22-16-15-21(20-13-9-6-10-14-20)18-26(23(22)25(28)30-4-2)17-19-11-7-5-8-12-19/h5-16,21-23H,3-4,17-18H2,1-2H3/t21-,22+,23+/m0/s1. The van der Waals surface area contributed by atoms with Crippen LogP contribution in [0, 0.1) is 5.92 Å². The lowest BCUT2D eigenvalue weighted by atomic mass is 9.97. The molecule has 5 heteroatoms. The van der Waals surface area contributed by atoms with E-state index < -0.39 is 23.9 Å². The number of rotatable bonds is 7. The lowest BCUT2D eigenvalue weighted by molar-refractivity contribution is -0.160. The minimum Gasteiger partial charge on any atom is -0.465 e. The summed E-state index contributed by atoms with van der Waals surface area (Å²) >= 11 is 0. The largest absolute Gasteiger partial charge is 0.465 e. The Bertz CT molecular complexity index is 850. The highest BCUT2D eigenvalue weighted by molar-refractivity contribution is 5.86. The van der Waals surface area contributed by atoms with Crippen LogP contribution in [0.15, 0.2) is 72.8 Å². The zero-order valence-corrected chi connectivity index (χ0v) is 17.6. The molecule has 0 N–H and O–H groups in total. The Hall–Kier alpha value is -2.92. The van der Waals surface area contributed by atoms with Gasteiger partial charge in [0.05, 0.1) is 13.2 Å². The molecule has 1 heterocycles. The number of esters is 2. The van der Waals surface area contributed by atoms with Crippen molar-refractivity contribution in [3.05, 3.63) is 83.9 Å². The molecule has 0 bridgehead atoms. The molecule has 1 aliphatic heterocycles. The molecule has 0 spiro atoms. The summed E-state index contributed by atoms with van der Waals surface area (Å²) in [6.45, 7) is 5.19. The van der Waals surface area contributed by atoms with E-state index in [1.807, 2.05) is 65.6 Å². The van der Waals surface area contributed by atoms with Crippen LogP contribution in [0.5, 0.6) is 0 Å². The van der Waals surface area contributed by atoms with Gasteiger partial charge in [-0.2, -0.15) is 0 Å². The highest BCUT2D eigenvalue weighted by atomic mass is 16.5. The summed E-state index contributed by atoms with van der Waals surface area (Å²) in [5.74, 6) is -1.48. The van der Waals surface area contributed by atoms with Crippen molar-refractivity contribution in [2.24, 2.45) is 5.92 Å². The molecular weight excluding hydrogens is 378 g/mol. The van der Waals surface area contributed by atoms with Crippen LogP contribution < -0.4 is 0 Å². The minimum absolute atomic E-state index is 0.0475. The van der Waals surface area contributed by atoms with E-state index in [2.05, 4.69) is 12.1 Å². The van der Waals surface area contributed by atoms with Crippen LogP contribution in [-0.4, -0.2) is 42.6 Å². The van der Waals surface area contributed by atoms with Gasteiger partial charge in [-0.25, -0.2) is 0 Å². The van der Waals surface area contributed by atoms with Crippen molar-refractivity contribution in [1.29, 1.82) is 0 Å². The Kier molecular flexibility index (Phi) is 7.80. The SMILES string of the molecule is CCOC(=O)[C@@H]1C=C[C@H](c2ccccc2)CN(Cc2ccccc2)[C@H]1C(=O)OCC. The second-order valence-electron chi connectivity index (χ2n) is 7.29. The van der Waals surface area contributed by atoms with Crippen molar-refractivity contribution < 1.29 is 19.1 Å². The normalized spacial score (nSPS) is 21.6. The zero-order valence-electron chi connectivity index (χ0n) is 17.6. The first kappa shape index (κ1) is 21.8. The highest BCUT2D eigenvalue weighted by Crippen LogP contribution is 2.30. The minimum atomic E-state index is -0.742. The topological polar surface area (TPSA) is 55.8 Å². The fraction of sp³-hybridized carbons (Fsp3) is 0.360. The number of ether oxygens (including phenoxy) is 2. The predicted molar refractivity (Wildman–Crippen MR) is 116 cm³/mol. The van der Waals surface area contributed by atoms with Crippen LogP contribution in [0.25, 0.3) is 0 Å². The van der Waals surface area contributed by atoms with E-state index in [1.54, 1.807) is 13.8 Å². The zero-order chi connectivity index (χ0) is 21.3. The van der Waals surface area contributed by atoms with Crippen molar-refractivity contribution in [2.75, 3.05) is 19.8 Å². The van der Waals surface area contributed by atoms with Gasteiger partial charge < -0.3 is 9.47 Å². The van der Waals surface area contributed by atoms with Crippen LogP contribution in [0.2, 0.25) is 0 Å². The van der Waals surface area contributed by atoms with Crippen molar-refractivity contribution in [3.8, 4) is 0 Å². The van der Waals surface area contributed by atoms with Gasteiger partial charge in [0.25, 0.3) is 0 Å². The van der Waals surface area contributed by atoms with E-state index in [4.69, 9.17) is 9.47 Å². The Morgan fingerprint density at radius 2 is 1.47 bits per heavy atom. The molecule has 5 nitrogen and oxygen atoms in total. The second kappa shape index (κ2) is 10.7. The third-order valence-corrected chi connectivity index (χ3v) is 5.26. The van der Waals surface area contributed by atoms with E-state index in [1.165, 1.54) is 0 Å².